The molecule has 3 aromatic heterocycles. The first-order valence-electron chi connectivity index (χ1n) is 12.0. The van der Waals surface area contributed by atoms with Crippen LogP contribution in [0.5, 0.6) is 17.4 Å². The minimum absolute atomic E-state index is 0.0233. The molecule has 0 saturated heterocycles. The third-order valence-corrected chi connectivity index (χ3v) is 7.37. The number of fused-ring (bicyclic) bond motifs is 4. The van der Waals surface area contributed by atoms with E-state index >= 15 is 4.39 Å². The Bertz CT molecular complexity index is 1740. The predicted molar refractivity (Wildman–Crippen MR) is 144 cm³/mol. The number of thiazole rings is 1. The minimum Gasteiger partial charge on any atom is -0.484 e. The van der Waals surface area contributed by atoms with Crippen LogP contribution < -0.4 is 19.1 Å². The second kappa shape index (κ2) is 9.62. The van der Waals surface area contributed by atoms with E-state index in [9.17, 15) is 9.90 Å². The maximum Gasteiger partial charge on any atom is 0.411 e. The smallest absolute Gasteiger partial charge is 0.411 e. The molecule has 2 aromatic carbocycles. The standard InChI is InChI=1S/C27H22FN5O5S/c1-13-6-17(22-19(7-13)31-21(36-3)10-30-22)26-32-23-18(28)8-20-24(25(23)39-26)37-12-16(38-20)11-33(27(34)35)15-5-4-14(2)29-9-15/h4-10,16H,11-12H2,1-3H3,(H,34,35)/t16-/m1/s1. The van der Waals surface area contributed by atoms with E-state index in [-0.39, 0.29) is 24.4 Å². The average Bonchev–Trinajstić information content (AvgIpc) is 3.37. The number of nitrogens with zero attached hydrogens (tertiary/aromatic N) is 5. The summed E-state index contributed by atoms with van der Waals surface area (Å²) in [6, 6.07) is 8.45. The molecule has 1 aliphatic heterocycles. The monoisotopic (exact) mass is 547 g/mol. The lowest BCUT2D eigenvalue weighted by Crippen LogP contribution is -2.43. The second-order valence-electron chi connectivity index (χ2n) is 9.08. The zero-order valence-corrected chi connectivity index (χ0v) is 22.0. The normalized spacial score (nSPS) is 14.5. The first-order chi connectivity index (χ1) is 18.8. The van der Waals surface area contributed by atoms with E-state index in [1.54, 1.807) is 12.1 Å². The zero-order chi connectivity index (χ0) is 27.3. The van der Waals surface area contributed by atoms with Gasteiger partial charge in [-0.3, -0.25) is 9.88 Å². The van der Waals surface area contributed by atoms with E-state index in [1.807, 2.05) is 26.0 Å². The van der Waals surface area contributed by atoms with Gasteiger partial charge in [-0.15, -0.1) is 11.3 Å². The largest absolute Gasteiger partial charge is 0.484 e. The molecule has 0 aliphatic carbocycles. The van der Waals surface area contributed by atoms with Gasteiger partial charge >= 0.3 is 6.09 Å². The summed E-state index contributed by atoms with van der Waals surface area (Å²) in [4.78, 5) is 30.8. The van der Waals surface area contributed by atoms with Crippen LogP contribution in [-0.4, -0.2) is 57.5 Å². The molecule has 0 fully saturated rings. The molecule has 198 valence electrons. The molecule has 1 N–H and O–H groups in total. The molecule has 39 heavy (non-hydrogen) atoms. The third kappa shape index (κ3) is 4.52. The van der Waals surface area contributed by atoms with Crippen LogP contribution in [0.15, 0.2) is 42.7 Å². The predicted octanol–water partition coefficient (Wildman–Crippen LogP) is 5.39. The molecule has 12 heteroatoms. The maximum atomic E-state index is 15.3. The highest BCUT2D eigenvalue weighted by Gasteiger charge is 2.30. The summed E-state index contributed by atoms with van der Waals surface area (Å²) in [5.74, 6) is 0.383. The first kappa shape index (κ1) is 24.7. The Morgan fingerprint density at radius 3 is 2.77 bits per heavy atom. The molecular weight excluding hydrogens is 525 g/mol. The molecule has 1 aliphatic rings. The fourth-order valence-electron chi connectivity index (χ4n) is 4.44. The van der Waals surface area contributed by atoms with Crippen molar-refractivity contribution in [1.82, 2.24) is 19.9 Å². The lowest BCUT2D eigenvalue weighted by Gasteiger charge is -2.30. The van der Waals surface area contributed by atoms with Crippen LogP contribution in [-0.2, 0) is 0 Å². The number of carbonyl (C=O) groups is 1. The number of anilines is 1. The van der Waals surface area contributed by atoms with Crippen LogP contribution in [0.25, 0.3) is 31.8 Å². The number of carboxylic acid groups (broad SMARTS) is 1. The molecule has 5 aromatic rings. The SMILES string of the molecule is COc1cnc2c(-c3nc4c(F)cc5c(c4s3)OC[C@@H](CN(C(=O)O)c3ccc(C)nc3)O5)cc(C)cc2n1. The summed E-state index contributed by atoms with van der Waals surface area (Å²) in [5, 5.41) is 10.3. The Morgan fingerprint density at radius 1 is 1.18 bits per heavy atom. The van der Waals surface area contributed by atoms with Crippen LogP contribution in [0.3, 0.4) is 0 Å². The Hall–Kier alpha value is -4.58. The number of rotatable bonds is 5. The van der Waals surface area contributed by atoms with Crippen molar-refractivity contribution in [3.05, 3.63) is 59.8 Å². The quantitative estimate of drug-likeness (QED) is 0.309. The molecule has 4 heterocycles. The number of ether oxygens (including phenoxy) is 3. The van der Waals surface area contributed by atoms with E-state index in [0.717, 1.165) is 16.2 Å². The van der Waals surface area contributed by atoms with Gasteiger partial charge in [0.2, 0.25) is 5.88 Å². The highest BCUT2D eigenvalue weighted by molar-refractivity contribution is 7.22. The molecule has 10 nitrogen and oxygen atoms in total. The number of benzene rings is 2. The van der Waals surface area contributed by atoms with Gasteiger partial charge in [0, 0.05) is 17.3 Å². The fraction of sp³-hybridized carbons (Fsp3) is 0.222. The molecule has 0 radical (unpaired) electrons. The molecule has 1 atom stereocenters. The molecular formula is C27H22FN5O5S. The van der Waals surface area contributed by atoms with Gasteiger partial charge in [0.25, 0.3) is 0 Å². The van der Waals surface area contributed by atoms with E-state index in [1.165, 1.54) is 36.9 Å². The lowest BCUT2D eigenvalue weighted by molar-refractivity contribution is 0.0957. The van der Waals surface area contributed by atoms with Crippen molar-refractivity contribution in [1.29, 1.82) is 0 Å². The van der Waals surface area contributed by atoms with Gasteiger partial charge in [-0.1, -0.05) is 0 Å². The number of methoxy groups -OCH3 is 1. The van der Waals surface area contributed by atoms with Crippen molar-refractivity contribution >= 4 is 44.4 Å². The molecule has 0 bridgehead atoms. The minimum atomic E-state index is -1.16. The number of aromatic nitrogens is 4. The number of amides is 1. The van der Waals surface area contributed by atoms with Gasteiger partial charge in [0.15, 0.2) is 23.4 Å². The van der Waals surface area contributed by atoms with Gasteiger partial charge in [0.05, 0.1) is 42.8 Å². The van der Waals surface area contributed by atoms with Crippen LogP contribution in [0.4, 0.5) is 14.9 Å². The fourth-order valence-corrected chi connectivity index (χ4v) is 5.53. The topological polar surface area (TPSA) is 120 Å². The van der Waals surface area contributed by atoms with E-state index < -0.39 is 18.0 Å². The third-order valence-electron chi connectivity index (χ3n) is 6.28. The van der Waals surface area contributed by atoms with Crippen molar-refractivity contribution < 1.29 is 28.5 Å². The summed E-state index contributed by atoms with van der Waals surface area (Å²) in [6.45, 7) is 3.80. The second-order valence-corrected chi connectivity index (χ2v) is 10.1. The summed E-state index contributed by atoms with van der Waals surface area (Å²) in [5.41, 5.74) is 4.24. The summed E-state index contributed by atoms with van der Waals surface area (Å²) >= 11 is 1.26. The van der Waals surface area contributed by atoms with Crippen LogP contribution in [0.1, 0.15) is 11.3 Å². The van der Waals surface area contributed by atoms with Gasteiger partial charge in [-0.2, -0.15) is 0 Å². The Kier molecular flexibility index (Phi) is 6.10. The van der Waals surface area contributed by atoms with Crippen LogP contribution >= 0.6 is 11.3 Å². The van der Waals surface area contributed by atoms with Crippen molar-refractivity contribution in [2.45, 2.75) is 20.0 Å². The maximum absolute atomic E-state index is 15.3. The van der Waals surface area contributed by atoms with Gasteiger partial charge in [-0.25, -0.2) is 24.1 Å². The molecule has 0 unspecified atom stereocenters. The van der Waals surface area contributed by atoms with Crippen molar-refractivity contribution in [3.63, 3.8) is 0 Å². The number of halogens is 1. The van der Waals surface area contributed by atoms with Gasteiger partial charge in [0.1, 0.15) is 21.8 Å². The number of aryl methyl sites for hydroxylation is 2. The highest BCUT2D eigenvalue weighted by Crippen LogP contribution is 2.45. The van der Waals surface area contributed by atoms with E-state index in [0.29, 0.717) is 43.6 Å². The molecule has 6 rings (SSSR count). The zero-order valence-electron chi connectivity index (χ0n) is 21.1. The van der Waals surface area contributed by atoms with Crippen molar-refractivity contribution in [3.8, 4) is 28.0 Å². The molecule has 1 amide bonds. The van der Waals surface area contributed by atoms with Crippen molar-refractivity contribution in [2.24, 2.45) is 0 Å². The summed E-state index contributed by atoms with van der Waals surface area (Å²) in [6.07, 6.45) is 1.19. The number of hydrogen-bond donors (Lipinski definition) is 1. The van der Waals surface area contributed by atoms with Gasteiger partial charge in [-0.05, 0) is 43.7 Å². The van der Waals surface area contributed by atoms with Gasteiger partial charge < -0.3 is 19.3 Å². The van der Waals surface area contributed by atoms with Crippen molar-refractivity contribution in [2.75, 3.05) is 25.2 Å². The Balaban J connectivity index is 1.35. The van der Waals surface area contributed by atoms with Crippen LogP contribution in [0, 0.1) is 19.7 Å². The summed E-state index contributed by atoms with van der Waals surface area (Å²) < 4.78 is 33.0. The number of pyridine rings is 1. The Morgan fingerprint density at radius 2 is 2.03 bits per heavy atom. The first-order valence-corrected chi connectivity index (χ1v) is 12.8. The average molecular weight is 548 g/mol. The molecule has 0 saturated carbocycles. The summed E-state index contributed by atoms with van der Waals surface area (Å²) in [7, 11) is 1.53. The highest BCUT2D eigenvalue weighted by atomic mass is 32.1. The Labute approximate surface area is 225 Å². The van der Waals surface area contributed by atoms with E-state index in [4.69, 9.17) is 14.2 Å². The van der Waals surface area contributed by atoms with E-state index in [2.05, 4.69) is 19.9 Å². The molecule has 0 spiro atoms. The lowest BCUT2D eigenvalue weighted by atomic mass is 10.1. The van der Waals surface area contributed by atoms with Crippen LogP contribution in [0.2, 0.25) is 0 Å². The number of hydrogen-bond acceptors (Lipinski definition) is 9.